The van der Waals surface area contributed by atoms with Crippen LogP contribution < -0.4 is 5.56 Å². The van der Waals surface area contributed by atoms with Crippen LogP contribution in [0.25, 0.3) is 10.2 Å². The van der Waals surface area contributed by atoms with Gasteiger partial charge in [-0.3, -0.25) is 14.2 Å². The smallest absolute Gasteiger partial charge is 0.326 e. The molecule has 0 spiro atoms. The molecule has 0 aliphatic heterocycles. The van der Waals surface area contributed by atoms with Gasteiger partial charge in [0.25, 0.3) is 5.56 Å². The topological polar surface area (TPSA) is 61.2 Å². The first kappa shape index (κ1) is 14.3. The fraction of sp³-hybridized carbons (Fsp3) is 0.533. The molecule has 3 rings (SSSR count). The second-order valence-corrected chi connectivity index (χ2v) is 6.60. The largest absolute Gasteiger partial charge is 0.465 e. The summed E-state index contributed by atoms with van der Waals surface area (Å²) in [7, 11) is 0. The van der Waals surface area contributed by atoms with Gasteiger partial charge in [-0.15, -0.1) is 11.3 Å². The Bertz CT molecular complexity index is 747. The standard InChI is InChI=1S/C15H18N2O3S/c1-3-20-12(18)7-17-8-16-14-13(15(17)19)10-5-4-9(2)6-11(10)21-14/h8-9H,3-7H2,1-2H3/t9-/m1/s1. The van der Waals surface area contributed by atoms with E-state index in [0.717, 1.165) is 29.7 Å². The summed E-state index contributed by atoms with van der Waals surface area (Å²) in [6.45, 7) is 4.23. The predicted molar refractivity (Wildman–Crippen MR) is 81.7 cm³/mol. The maximum absolute atomic E-state index is 12.6. The first-order valence-corrected chi connectivity index (χ1v) is 8.07. The SMILES string of the molecule is CCOC(=O)Cn1cnc2sc3c(c2c1=O)CC[C@@H](C)C3. The molecule has 2 aromatic heterocycles. The molecule has 0 bridgehead atoms. The molecule has 1 aliphatic rings. The number of rotatable bonds is 3. The van der Waals surface area contributed by atoms with Crippen LogP contribution in [-0.4, -0.2) is 22.1 Å². The van der Waals surface area contributed by atoms with Gasteiger partial charge in [-0.25, -0.2) is 4.98 Å². The minimum absolute atomic E-state index is 0.0728. The molecular formula is C15H18N2O3S. The van der Waals surface area contributed by atoms with E-state index in [2.05, 4.69) is 11.9 Å². The first-order valence-electron chi connectivity index (χ1n) is 7.25. The number of hydrogen-bond acceptors (Lipinski definition) is 5. The van der Waals surface area contributed by atoms with Crippen LogP contribution in [0, 0.1) is 5.92 Å². The van der Waals surface area contributed by atoms with Crippen LogP contribution in [-0.2, 0) is 28.9 Å². The highest BCUT2D eigenvalue weighted by Gasteiger charge is 2.23. The van der Waals surface area contributed by atoms with Crippen LogP contribution >= 0.6 is 11.3 Å². The predicted octanol–water partition coefficient (Wildman–Crippen LogP) is 2.15. The quantitative estimate of drug-likeness (QED) is 0.815. The summed E-state index contributed by atoms with van der Waals surface area (Å²) in [5.41, 5.74) is 1.02. The zero-order chi connectivity index (χ0) is 15.0. The maximum Gasteiger partial charge on any atom is 0.326 e. The van der Waals surface area contributed by atoms with Crippen molar-refractivity contribution in [3.63, 3.8) is 0 Å². The van der Waals surface area contributed by atoms with Crippen molar-refractivity contribution >= 4 is 27.5 Å². The lowest BCUT2D eigenvalue weighted by atomic mass is 9.89. The van der Waals surface area contributed by atoms with Crippen LogP contribution in [0.1, 0.15) is 30.7 Å². The monoisotopic (exact) mass is 306 g/mol. The highest BCUT2D eigenvalue weighted by molar-refractivity contribution is 7.18. The summed E-state index contributed by atoms with van der Waals surface area (Å²) < 4.78 is 6.25. The van der Waals surface area contributed by atoms with Crippen molar-refractivity contribution in [2.24, 2.45) is 5.92 Å². The summed E-state index contributed by atoms with van der Waals surface area (Å²) in [5.74, 6) is 0.255. The third-order valence-electron chi connectivity index (χ3n) is 3.89. The van der Waals surface area contributed by atoms with E-state index < -0.39 is 5.97 Å². The molecule has 112 valence electrons. The minimum Gasteiger partial charge on any atom is -0.465 e. The average Bonchev–Trinajstić information content (AvgIpc) is 2.80. The lowest BCUT2D eigenvalue weighted by Gasteiger charge is -2.17. The Hall–Kier alpha value is -1.69. The summed E-state index contributed by atoms with van der Waals surface area (Å²) in [4.78, 5) is 30.6. The Kier molecular flexibility index (Phi) is 3.80. The third-order valence-corrected chi connectivity index (χ3v) is 5.05. The molecule has 2 heterocycles. The maximum atomic E-state index is 12.6. The Morgan fingerprint density at radius 1 is 1.57 bits per heavy atom. The first-order chi connectivity index (χ1) is 10.1. The van der Waals surface area contributed by atoms with Gasteiger partial charge in [-0.1, -0.05) is 6.92 Å². The van der Waals surface area contributed by atoms with Gasteiger partial charge in [0.05, 0.1) is 18.3 Å². The van der Waals surface area contributed by atoms with Crippen molar-refractivity contribution in [3.8, 4) is 0 Å². The van der Waals surface area contributed by atoms with Gasteiger partial charge in [-0.05, 0) is 37.7 Å². The third kappa shape index (κ3) is 2.60. The number of fused-ring (bicyclic) bond motifs is 3. The molecule has 21 heavy (non-hydrogen) atoms. The zero-order valence-corrected chi connectivity index (χ0v) is 13.0. The van der Waals surface area contributed by atoms with Crippen LogP contribution in [0.4, 0.5) is 0 Å². The van der Waals surface area contributed by atoms with Crippen LogP contribution in [0.3, 0.4) is 0 Å². The summed E-state index contributed by atoms with van der Waals surface area (Å²) >= 11 is 1.61. The second-order valence-electron chi connectivity index (χ2n) is 5.51. The van der Waals surface area contributed by atoms with Gasteiger partial charge in [0.15, 0.2) is 0 Å². The highest BCUT2D eigenvalue weighted by Crippen LogP contribution is 2.35. The number of esters is 1. The Morgan fingerprint density at radius 3 is 3.14 bits per heavy atom. The number of aromatic nitrogens is 2. The lowest BCUT2D eigenvalue weighted by Crippen LogP contribution is -2.26. The van der Waals surface area contributed by atoms with E-state index in [1.165, 1.54) is 15.8 Å². The molecule has 1 aliphatic carbocycles. The lowest BCUT2D eigenvalue weighted by molar-refractivity contribution is -0.143. The van der Waals surface area contributed by atoms with Crippen LogP contribution in [0.15, 0.2) is 11.1 Å². The Balaban J connectivity index is 2.04. The summed E-state index contributed by atoms with van der Waals surface area (Å²) in [5, 5.41) is 0.702. The van der Waals surface area contributed by atoms with Gasteiger partial charge in [-0.2, -0.15) is 0 Å². The van der Waals surface area contributed by atoms with Crippen LogP contribution in [0.2, 0.25) is 0 Å². The van der Waals surface area contributed by atoms with E-state index in [1.807, 2.05) is 0 Å². The summed E-state index contributed by atoms with van der Waals surface area (Å²) in [6, 6.07) is 0. The van der Waals surface area contributed by atoms with Gasteiger partial charge < -0.3 is 4.74 Å². The van der Waals surface area contributed by atoms with Crippen LogP contribution in [0.5, 0.6) is 0 Å². The van der Waals surface area contributed by atoms with E-state index in [9.17, 15) is 9.59 Å². The molecule has 1 atom stereocenters. The number of carbonyl (C=O) groups is 1. The molecular weight excluding hydrogens is 288 g/mol. The Labute approximate surface area is 126 Å². The van der Waals surface area contributed by atoms with Gasteiger partial charge in [0.2, 0.25) is 0 Å². The van der Waals surface area contributed by atoms with Crippen molar-refractivity contribution in [2.45, 2.75) is 39.7 Å². The van der Waals surface area contributed by atoms with Crippen molar-refractivity contribution in [2.75, 3.05) is 6.61 Å². The second kappa shape index (κ2) is 5.60. The van der Waals surface area contributed by atoms with E-state index in [1.54, 1.807) is 18.3 Å². The normalized spacial score (nSPS) is 17.7. The molecule has 6 heteroatoms. The Morgan fingerprint density at radius 2 is 2.38 bits per heavy atom. The van der Waals surface area contributed by atoms with E-state index in [4.69, 9.17) is 4.74 Å². The average molecular weight is 306 g/mol. The molecule has 5 nitrogen and oxygen atoms in total. The highest BCUT2D eigenvalue weighted by atomic mass is 32.1. The molecule has 2 aromatic rings. The molecule has 0 saturated carbocycles. The fourth-order valence-corrected chi connectivity index (χ4v) is 4.17. The minimum atomic E-state index is -0.404. The molecule has 0 unspecified atom stereocenters. The van der Waals surface area contributed by atoms with E-state index >= 15 is 0 Å². The fourth-order valence-electron chi connectivity index (χ4n) is 2.82. The summed E-state index contributed by atoms with van der Waals surface area (Å²) in [6.07, 6.45) is 4.50. The molecule has 0 aromatic carbocycles. The number of ether oxygens (including phenoxy) is 1. The number of carbonyl (C=O) groups excluding carboxylic acids is 1. The molecule has 0 fully saturated rings. The van der Waals surface area contributed by atoms with Gasteiger partial charge in [0.1, 0.15) is 11.4 Å². The van der Waals surface area contributed by atoms with Crippen molar-refractivity contribution in [3.05, 3.63) is 27.1 Å². The zero-order valence-electron chi connectivity index (χ0n) is 12.2. The van der Waals surface area contributed by atoms with E-state index in [-0.39, 0.29) is 12.1 Å². The number of hydrogen-bond donors (Lipinski definition) is 0. The molecule has 0 saturated heterocycles. The number of nitrogens with zero attached hydrogens (tertiary/aromatic N) is 2. The molecule has 0 radical (unpaired) electrons. The molecule has 0 N–H and O–H groups in total. The number of aryl methyl sites for hydroxylation is 1. The molecule has 0 amide bonds. The van der Waals surface area contributed by atoms with Gasteiger partial charge >= 0.3 is 5.97 Å². The van der Waals surface area contributed by atoms with Gasteiger partial charge in [0, 0.05) is 4.88 Å². The van der Waals surface area contributed by atoms with E-state index in [0.29, 0.717) is 17.9 Å². The van der Waals surface area contributed by atoms with Crippen molar-refractivity contribution in [1.29, 1.82) is 0 Å². The number of thiophene rings is 1. The van der Waals surface area contributed by atoms with Crippen molar-refractivity contribution in [1.82, 2.24) is 9.55 Å². The van der Waals surface area contributed by atoms with Crippen molar-refractivity contribution < 1.29 is 9.53 Å².